The molecule has 0 saturated heterocycles. The van der Waals surface area contributed by atoms with Crippen LogP contribution in [0.15, 0.2) is 182 Å². The molecular formula is C59H58N2O4. The van der Waals surface area contributed by atoms with Crippen LogP contribution in [-0.4, -0.2) is 46.3 Å². The molecule has 0 spiro atoms. The molecule has 8 aromatic rings. The Morgan fingerprint density at radius 3 is 1.20 bits per heavy atom. The summed E-state index contributed by atoms with van der Waals surface area (Å²) in [5.41, 5.74) is 6.78. The highest BCUT2D eigenvalue weighted by molar-refractivity contribution is 5.97. The third-order valence-corrected chi connectivity index (χ3v) is 12.8. The van der Waals surface area contributed by atoms with E-state index in [1.165, 1.54) is 0 Å². The molecule has 2 amide bonds. The lowest BCUT2D eigenvalue weighted by molar-refractivity contribution is -0.130. The lowest BCUT2D eigenvalue weighted by Crippen LogP contribution is -2.51. The van der Waals surface area contributed by atoms with Crippen molar-refractivity contribution in [2.75, 3.05) is 13.1 Å². The highest BCUT2D eigenvalue weighted by Crippen LogP contribution is 2.42. The smallest absolute Gasteiger partial charge is 0.229 e. The third kappa shape index (κ3) is 10.4. The first kappa shape index (κ1) is 44.7. The number of amides is 2. The maximum atomic E-state index is 14.0. The molecule has 6 nitrogen and oxygen atoms in total. The summed E-state index contributed by atoms with van der Waals surface area (Å²) in [6, 6.07) is 61.1. The zero-order chi connectivity index (χ0) is 45.6. The minimum atomic E-state index is -1.52. The van der Waals surface area contributed by atoms with Gasteiger partial charge in [0, 0.05) is 37.8 Å². The van der Waals surface area contributed by atoms with Crippen LogP contribution < -0.4 is 10.6 Å². The van der Waals surface area contributed by atoms with Crippen LogP contribution in [-0.2, 0) is 22.4 Å². The maximum Gasteiger partial charge on any atom is 0.229 e. The number of aliphatic hydroxyl groups is 2. The topological polar surface area (TPSA) is 98.7 Å². The third-order valence-electron chi connectivity index (χ3n) is 12.8. The Hall–Kier alpha value is -6.86. The van der Waals surface area contributed by atoms with Crippen LogP contribution in [0.5, 0.6) is 0 Å². The molecule has 0 aliphatic rings. The second-order valence-electron chi connectivity index (χ2n) is 18.1. The van der Waals surface area contributed by atoms with E-state index < -0.39 is 41.3 Å². The number of nitrogens with one attached hydrogen (secondary N) is 2. The van der Waals surface area contributed by atoms with Gasteiger partial charge in [-0.25, -0.2) is 0 Å². The molecule has 65 heavy (non-hydrogen) atoms. The van der Waals surface area contributed by atoms with Crippen molar-refractivity contribution in [3.8, 4) is 0 Å². The second-order valence-corrected chi connectivity index (χ2v) is 18.1. The van der Waals surface area contributed by atoms with Gasteiger partial charge in [-0.1, -0.05) is 204 Å². The van der Waals surface area contributed by atoms with E-state index in [4.69, 9.17) is 0 Å². The predicted octanol–water partition coefficient (Wildman–Crippen LogP) is 10.8. The van der Waals surface area contributed by atoms with Crippen molar-refractivity contribution < 1.29 is 19.8 Å². The Balaban J connectivity index is 1.10. The molecule has 0 radical (unpaired) electrons. The molecular weight excluding hydrogens is 801 g/mol. The van der Waals surface area contributed by atoms with Crippen molar-refractivity contribution in [1.29, 1.82) is 0 Å². The summed E-state index contributed by atoms with van der Waals surface area (Å²) in [7, 11) is 0. The van der Waals surface area contributed by atoms with Gasteiger partial charge in [0.1, 0.15) is 6.42 Å². The van der Waals surface area contributed by atoms with Crippen LogP contribution in [0.4, 0.5) is 0 Å². The minimum Gasteiger partial charge on any atom is -0.387 e. The summed E-state index contributed by atoms with van der Waals surface area (Å²) in [4.78, 5) is 28.1. The molecule has 0 saturated carbocycles. The fraction of sp³-hybridized carbons (Fsp3) is 0.220. The number of hydrogen-bond acceptors (Lipinski definition) is 4. The van der Waals surface area contributed by atoms with Crippen molar-refractivity contribution in [2.45, 2.75) is 70.0 Å². The Morgan fingerprint density at radius 1 is 0.446 bits per heavy atom. The normalized spacial score (nSPS) is 14.2. The molecule has 0 fully saturated rings. The van der Waals surface area contributed by atoms with Gasteiger partial charge >= 0.3 is 0 Å². The average Bonchev–Trinajstić information content (AvgIpc) is 3.28. The first-order chi connectivity index (χ1) is 31.4. The second kappa shape index (κ2) is 19.5. The van der Waals surface area contributed by atoms with E-state index in [0.29, 0.717) is 0 Å². The lowest BCUT2D eigenvalue weighted by atomic mass is 9.72. The summed E-state index contributed by atoms with van der Waals surface area (Å²) < 4.78 is 0. The Labute approximate surface area is 383 Å². The first-order valence-corrected chi connectivity index (χ1v) is 22.6. The standard InChI is InChI=1S/C59H58N2O4/c1-40-15-9-19-44(31-40)36-58(64,56(48-25-11-17-42(3)33-48)52-29-13-23-46-21-5-7-27-50(46)52)38-60-54(62)35-55(63)61-39-59(65,37-45-20-10-16-41(2)32-45)57(49-26-12-18-43(4)34-49)53-30-14-24-47-22-6-8-28-51(47)53/h5-34,56-57,64-65H,35-39H2,1-4H3,(H,60,62)(H,61,63). The van der Waals surface area contributed by atoms with Crippen molar-refractivity contribution in [1.82, 2.24) is 10.6 Å². The number of benzene rings is 8. The molecule has 328 valence electrons. The van der Waals surface area contributed by atoms with Crippen LogP contribution in [0.3, 0.4) is 0 Å². The lowest BCUT2D eigenvalue weighted by Gasteiger charge is -2.39. The maximum absolute atomic E-state index is 14.0. The Kier molecular flexibility index (Phi) is 13.4. The highest BCUT2D eigenvalue weighted by atomic mass is 16.3. The van der Waals surface area contributed by atoms with Gasteiger partial charge in [-0.05, 0) is 82.6 Å². The van der Waals surface area contributed by atoms with E-state index in [9.17, 15) is 19.8 Å². The van der Waals surface area contributed by atoms with Crippen LogP contribution in [0, 0.1) is 27.7 Å². The quantitative estimate of drug-likeness (QED) is 0.0728. The number of rotatable bonds is 16. The molecule has 0 aliphatic carbocycles. The van der Waals surface area contributed by atoms with Gasteiger partial charge in [0.05, 0.1) is 11.2 Å². The first-order valence-electron chi connectivity index (χ1n) is 22.6. The molecule has 0 aromatic heterocycles. The number of hydrogen-bond donors (Lipinski definition) is 4. The molecule has 8 rings (SSSR count). The Bertz CT molecular complexity index is 2770. The van der Waals surface area contributed by atoms with Gasteiger partial charge in [-0.2, -0.15) is 0 Å². The van der Waals surface area contributed by atoms with Gasteiger partial charge < -0.3 is 20.8 Å². The van der Waals surface area contributed by atoms with Gasteiger partial charge in [-0.3, -0.25) is 9.59 Å². The van der Waals surface area contributed by atoms with Crippen molar-refractivity contribution in [2.24, 2.45) is 0 Å². The summed E-state index contributed by atoms with van der Waals surface area (Å²) in [6.45, 7) is 7.89. The zero-order valence-corrected chi connectivity index (χ0v) is 37.7. The van der Waals surface area contributed by atoms with Crippen LogP contribution >= 0.6 is 0 Å². The molecule has 4 atom stereocenters. The monoisotopic (exact) mass is 858 g/mol. The van der Waals surface area contributed by atoms with Crippen molar-refractivity contribution in [3.05, 3.63) is 238 Å². The number of carbonyl (C=O) groups is 2. The Morgan fingerprint density at radius 2 is 0.800 bits per heavy atom. The summed E-state index contributed by atoms with van der Waals surface area (Å²) in [5.74, 6) is -2.16. The molecule has 0 heterocycles. The fourth-order valence-electron chi connectivity index (χ4n) is 9.92. The van der Waals surface area contributed by atoms with Crippen LogP contribution in [0.25, 0.3) is 21.5 Å². The predicted molar refractivity (Wildman–Crippen MR) is 264 cm³/mol. The molecule has 8 aromatic carbocycles. The molecule has 4 unspecified atom stereocenters. The average molecular weight is 859 g/mol. The van der Waals surface area contributed by atoms with Crippen molar-refractivity contribution >= 4 is 33.4 Å². The van der Waals surface area contributed by atoms with E-state index in [2.05, 4.69) is 83.4 Å². The summed E-state index contributed by atoms with van der Waals surface area (Å²) in [5, 5.41) is 36.6. The summed E-state index contributed by atoms with van der Waals surface area (Å²) >= 11 is 0. The molecule has 0 bridgehead atoms. The van der Waals surface area contributed by atoms with E-state index >= 15 is 0 Å². The van der Waals surface area contributed by atoms with Gasteiger partial charge in [0.2, 0.25) is 11.8 Å². The molecule has 4 N–H and O–H groups in total. The highest BCUT2D eigenvalue weighted by Gasteiger charge is 2.42. The van der Waals surface area contributed by atoms with E-state index in [1.807, 2.05) is 137 Å². The minimum absolute atomic E-state index is 0.122. The van der Waals surface area contributed by atoms with Gasteiger partial charge in [0.25, 0.3) is 0 Å². The van der Waals surface area contributed by atoms with E-state index in [-0.39, 0.29) is 25.9 Å². The number of fused-ring (bicyclic) bond motifs is 2. The van der Waals surface area contributed by atoms with Crippen molar-refractivity contribution in [3.63, 3.8) is 0 Å². The van der Waals surface area contributed by atoms with Gasteiger partial charge in [0.15, 0.2) is 0 Å². The largest absolute Gasteiger partial charge is 0.387 e. The number of aryl methyl sites for hydroxylation is 4. The van der Waals surface area contributed by atoms with Crippen LogP contribution in [0.1, 0.15) is 73.9 Å². The van der Waals surface area contributed by atoms with Crippen LogP contribution in [0.2, 0.25) is 0 Å². The molecule has 6 heteroatoms. The zero-order valence-electron chi connectivity index (χ0n) is 37.7. The number of carbonyl (C=O) groups excluding carboxylic acids is 2. The summed E-state index contributed by atoms with van der Waals surface area (Å²) in [6.07, 6.45) is -0.0131. The van der Waals surface area contributed by atoms with E-state index in [1.54, 1.807) is 0 Å². The fourth-order valence-corrected chi connectivity index (χ4v) is 9.92. The SMILES string of the molecule is Cc1cccc(CC(O)(CNC(=O)CC(=O)NCC(O)(Cc2cccc(C)c2)C(c2cccc(C)c2)c2cccc3ccccc23)C(c2cccc(C)c2)c2cccc3ccccc23)c1. The molecule has 0 aliphatic heterocycles. The van der Waals surface area contributed by atoms with Gasteiger partial charge in [-0.15, -0.1) is 0 Å². The van der Waals surface area contributed by atoms with E-state index in [0.717, 1.165) is 77.2 Å².